The lowest BCUT2D eigenvalue weighted by molar-refractivity contribution is 0.340. The highest BCUT2D eigenvalue weighted by Gasteiger charge is 2.04. The van der Waals surface area contributed by atoms with E-state index >= 15 is 0 Å². The number of hydrogen-bond donors (Lipinski definition) is 1. The fourth-order valence-corrected chi connectivity index (χ4v) is 1.49. The van der Waals surface area contributed by atoms with E-state index in [1.54, 1.807) is 6.20 Å². The van der Waals surface area contributed by atoms with Crippen molar-refractivity contribution in [3.8, 4) is 5.75 Å². The van der Waals surface area contributed by atoms with Gasteiger partial charge in [-0.25, -0.2) is 0 Å². The first-order chi connectivity index (χ1) is 7.79. The molecule has 1 aromatic carbocycles. The van der Waals surface area contributed by atoms with Gasteiger partial charge in [-0.3, -0.25) is 0 Å². The molecule has 0 aliphatic carbocycles. The molecule has 2 aromatic rings. The van der Waals surface area contributed by atoms with E-state index in [0.29, 0.717) is 12.5 Å². The van der Waals surface area contributed by atoms with Crippen LogP contribution in [0.1, 0.15) is 18.1 Å². The van der Waals surface area contributed by atoms with Crippen molar-refractivity contribution in [2.45, 2.75) is 13.3 Å². The lowest BCUT2D eigenvalue weighted by Gasteiger charge is -2.04. The zero-order valence-corrected chi connectivity index (χ0v) is 9.14. The van der Waals surface area contributed by atoms with Gasteiger partial charge in [0.1, 0.15) is 5.75 Å². The molecule has 0 saturated carbocycles. The summed E-state index contributed by atoms with van der Waals surface area (Å²) >= 11 is 0. The van der Waals surface area contributed by atoms with E-state index in [0.717, 1.165) is 23.3 Å². The van der Waals surface area contributed by atoms with Gasteiger partial charge in [0.25, 0.3) is 0 Å². The second-order valence-corrected chi connectivity index (χ2v) is 3.47. The van der Waals surface area contributed by atoms with Gasteiger partial charge >= 0.3 is 0 Å². The zero-order chi connectivity index (χ0) is 11.4. The zero-order valence-electron chi connectivity index (χ0n) is 9.14. The number of nitrogen functional groups attached to an aromatic ring is 1. The molecule has 0 saturated heterocycles. The molecule has 2 rings (SSSR count). The minimum Gasteiger partial charge on any atom is -0.494 e. The van der Waals surface area contributed by atoms with Crippen molar-refractivity contribution >= 4 is 5.88 Å². The molecule has 0 amide bonds. The summed E-state index contributed by atoms with van der Waals surface area (Å²) in [6.07, 6.45) is 2.37. The predicted octanol–water partition coefficient (Wildman–Crippen LogP) is 2.25. The van der Waals surface area contributed by atoms with Crippen LogP contribution in [0.3, 0.4) is 0 Å². The second kappa shape index (κ2) is 4.70. The lowest BCUT2D eigenvalue weighted by atomic mass is 10.1. The Morgan fingerprint density at radius 2 is 2.06 bits per heavy atom. The van der Waals surface area contributed by atoms with Gasteiger partial charge in [0, 0.05) is 12.0 Å². The molecule has 0 aliphatic heterocycles. The van der Waals surface area contributed by atoms with Crippen LogP contribution in [0.25, 0.3) is 0 Å². The minimum absolute atomic E-state index is 0.383. The van der Waals surface area contributed by atoms with Crippen molar-refractivity contribution in [2.24, 2.45) is 0 Å². The largest absolute Gasteiger partial charge is 0.494 e. The van der Waals surface area contributed by atoms with E-state index in [9.17, 15) is 0 Å². The normalized spacial score (nSPS) is 10.3. The van der Waals surface area contributed by atoms with Crippen LogP contribution >= 0.6 is 0 Å². The molecular formula is C12H14N2O2. The molecule has 16 heavy (non-hydrogen) atoms. The topological polar surface area (TPSA) is 61.3 Å². The summed E-state index contributed by atoms with van der Waals surface area (Å²) in [5.41, 5.74) is 7.67. The Labute approximate surface area is 94.0 Å². The summed E-state index contributed by atoms with van der Waals surface area (Å²) in [6, 6.07) is 7.92. The van der Waals surface area contributed by atoms with Gasteiger partial charge in [0.05, 0.1) is 12.8 Å². The van der Waals surface area contributed by atoms with Crippen molar-refractivity contribution in [2.75, 3.05) is 12.3 Å². The first-order valence-corrected chi connectivity index (χ1v) is 5.20. The Morgan fingerprint density at radius 3 is 2.62 bits per heavy atom. The summed E-state index contributed by atoms with van der Waals surface area (Å²) in [4.78, 5) is 0. The number of ether oxygens (including phenoxy) is 1. The van der Waals surface area contributed by atoms with Crippen molar-refractivity contribution in [3.63, 3.8) is 0 Å². The molecule has 0 unspecified atom stereocenters. The van der Waals surface area contributed by atoms with Crippen LogP contribution < -0.4 is 10.5 Å². The van der Waals surface area contributed by atoms with Gasteiger partial charge in [0.2, 0.25) is 5.88 Å². The number of hydrogen-bond acceptors (Lipinski definition) is 4. The molecule has 1 aromatic heterocycles. The van der Waals surface area contributed by atoms with E-state index in [2.05, 4.69) is 5.16 Å². The Hall–Kier alpha value is -1.97. The van der Waals surface area contributed by atoms with Crippen molar-refractivity contribution in [3.05, 3.63) is 41.6 Å². The van der Waals surface area contributed by atoms with E-state index in [4.69, 9.17) is 15.0 Å². The summed E-state index contributed by atoms with van der Waals surface area (Å²) < 4.78 is 10.2. The molecule has 0 bridgehead atoms. The maximum atomic E-state index is 5.61. The molecule has 84 valence electrons. The Kier molecular flexibility index (Phi) is 3.10. The molecule has 0 radical (unpaired) electrons. The molecule has 0 atom stereocenters. The lowest BCUT2D eigenvalue weighted by Crippen LogP contribution is -1.93. The monoisotopic (exact) mass is 218 g/mol. The fourth-order valence-electron chi connectivity index (χ4n) is 1.49. The van der Waals surface area contributed by atoms with Crippen LogP contribution in [0, 0.1) is 0 Å². The molecule has 0 fully saturated rings. The molecule has 1 heterocycles. The van der Waals surface area contributed by atoms with E-state index in [1.807, 2.05) is 31.2 Å². The number of rotatable bonds is 4. The van der Waals surface area contributed by atoms with Crippen molar-refractivity contribution in [1.82, 2.24) is 5.16 Å². The molecule has 0 aliphatic rings. The highest BCUT2D eigenvalue weighted by Crippen LogP contribution is 2.18. The number of nitrogens with two attached hydrogens (primary N) is 1. The molecule has 0 spiro atoms. The van der Waals surface area contributed by atoms with Crippen LogP contribution in [0.2, 0.25) is 0 Å². The Bertz CT molecular complexity index is 448. The molecule has 4 nitrogen and oxygen atoms in total. The summed E-state index contributed by atoms with van der Waals surface area (Å²) in [7, 11) is 0. The van der Waals surface area contributed by atoms with Gasteiger partial charge in [-0.1, -0.05) is 17.3 Å². The van der Waals surface area contributed by atoms with Gasteiger partial charge in [-0.2, -0.15) is 0 Å². The van der Waals surface area contributed by atoms with Gasteiger partial charge in [-0.15, -0.1) is 0 Å². The van der Waals surface area contributed by atoms with E-state index < -0.39 is 0 Å². The SMILES string of the molecule is CCOc1ccc(Cc2cnoc2N)cc1. The number of nitrogens with zero attached hydrogens (tertiary/aromatic N) is 1. The molecule has 2 N–H and O–H groups in total. The predicted molar refractivity (Wildman–Crippen MR) is 61.3 cm³/mol. The molecule has 4 heteroatoms. The first-order valence-electron chi connectivity index (χ1n) is 5.20. The van der Waals surface area contributed by atoms with Gasteiger partial charge in [-0.05, 0) is 24.6 Å². The van der Waals surface area contributed by atoms with Gasteiger partial charge in [0.15, 0.2) is 0 Å². The highest BCUT2D eigenvalue weighted by atomic mass is 16.5. The maximum absolute atomic E-state index is 5.61. The first kappa shape index (κ1) is 10.5. The Morgan fingerprint density at radius 1 is 1.31 bits per heavy atom. The van der Waals surface area contributed by atoms with E-state index in [1.165, 1.54) is 0 Å². The summed E-state index contributed by atoms with van der Waals surface area (Å²) in [5, 5.41) is 3.64. The molecular weight excluding hydrogens is 204 g/mol. The van der Waals surface area contributed by atoms with Crippen LogP contribution in [0.5, 0.6) is 5.75 Å². The van der Waals surface area contributed by atoms with Crippen molar-refractivity contribution < 1.29 is 9.26 Å². The third-order valence-electron chi connectivity index (χ3n) is 2.31. The number of anilines is 1. The third kappa shape index (κ3) is 2.34. The number of aromatic nitrogens is 1. The Balaban J connectivity index is 2.08. The van der Waals surface area contributed by atoms with Crippen LogP contribution in [-0.2, 0) is 6.42 Å². The van der Waals surface area contributed by atoms with Crippen molar-refractivity contribution in [1.29, 1.82) is 0 Å². The standard InChI is InChI=1S/C12H14N2O2/c1-2-15-11-5-3-9(4-6-11)7-10-8-14-16-12(10)13/h3-6,8H,2,7,13H2,1H3. The summed E-state index contributed by atoms with van der Waals surface area (Å²) in [6.45, 7) is 2.64. The van der Waals surface area contributed by atoms with Gasteiger partial charge < -0.3 is 15.0 Å². The quantitative estimate of drug-likeness (QED) is 0.854. The fraction of sp³-hybridized carbons (Fsp3) is 0.250. The average molecular weight is 218 g/mol. The van der Waals surface area contributed by atoms with Crippen LogP contribution in [0.4, 0.5) is 5.88 Å². The highest BCUT2D eigenvalue weighted by molar-refractivity contribution is 5.39. The van der Waals surface area contributed by atoms with Crippen LogP contribution in [-0.4, -0.2) is 11.8 Å². The average Bonchev–Trinajstić information content (AvgIpc) is 2.68. The second-order valence-electron chi connectivity index (χ2n) is 3.47. The third-order valence-corrected chi connectivity index (χ3v) is 2.31. The van der Waals surface area contributed by atoms with E-state index in [-0.39, 0.29) is 0 Å². The number of benzene rings is 1. The summed E-state index contributed by atoms with van der Waals surface area (Å²) in [5.74, 6) is 1.26. The maximum Gasteiger partial charge on any atom is 0.225 e. The minimum atomic E-state index is 0.383. The smallest absolute Gasteiger partial charge is 0.225 e. The van der Waals surface area contributed by atoms with Crippen LogP contribution in [0.15, 0.2) is 35.0 Å².